The normalized spacial score (nSPS) is 24.5. The van der Waals surface area contributed by atoms with Crippen molar-refractivity contribution in [3.8, 4) is 0 Å². The maximum atomic E-state index is 5.81. The SMILES string of the molecule is CCC1CCCC(n2cnc3cc(N)ccc32)C1. The molecule has 96 valence electrons. The van der Waals surface area contributed by atoms with Crippen LogP contribution in [0.3, 0.4) is 0 Å². The minimum absolute atomic E-state index is 0.623. The lowest BCUT2D eigenvalue weighted by Gasteiger charge is -2.29. The lowest BCUT2D eigenvalue weighted by atomic mass is 9.84. The van der Waals surface area contributed by atoms with Gasteiger partial charge in [-0.05, 0) is 37.0 Å². The summed E-state index contributed by atoms with van der Waals surface area (Å²) in [4.78, 5) is 4.49. The van der Waals surface area contributed by atoms with Crippen molar-refractivity contribution in [1.82, 2.24) is 9.55 Å². The first-order chi connectivity index (χ1) is 8.78. The molecule has 1 aliphatic carbocycles. The maximum Gasteiger partial charge on any atom is 0.0960 e. The minimum Gasteiger partial charge on any atom is -0.399 e. The lowest BCUT2D eigenvalue weighted by molar-refractivity contribution is 0.265. The van der Waals surface area contributed by atoms with Crippen molar-refractivity contribution < 1.29 is 0 Å². The van der Waals surface area contributed by atoms with Crippen LogP contribution < -0.4 is 5.73 Å². The third kappa shape index (κ3) is 1.98. The maximum absolute atomic E-state index is 5.81. The highest BCUT2D eigenvalue weighted by molar-refractivity contribution is 5.79. The summed E-state index contributed by atoms with van der Waals surface area (Å²) < 4.78 is 2.36. The highest BCUT2D eigenvalue weighted by atomic mass is 15.1. The zero-order valence-corrected chi connectivity index (χ0v) is 11.0. The summed E-state index contributed by atoms with van der Waals surface area (Å²) in [6.45, 7) is 2.31. The Kier molecular flexibility index (Phi) is 2.98. The molecule has 0 amide bonds. The van der Waals surface area contributed by atoms with Crippen molar-refractivity contribution >= 4 is 16.7 Å². The minimum atomic E-state index is 0.623. The molecule has 1 fully saturated rings. The predicted octanol–water partition coefficient (Wildman–Crippen LogP) is 3.76. The van der Waals surface area contributed by atoms with Gasteiger partial charge in [-0.15, -0.1) is 0 Å². The molecule has 1 aromatic carbocycles. The fraction of sp³-hybridized carbons (Fsp3) is 0.533. The Labute approximate surface area is 108 Å². The van der Waals surface area contributed by atoms with Gasteiger partial charge < -0.3 is 10.3 Å². The summed E-state index contributed by atoms with van der Waals surface area (Å²) in [6, 6.07) is 6.66. The number of hydrogen-bond acceptors (Lipinski definition) is 2. The van der Waals surface area contributed by atoms with E-state index in [4.69, 9.17) is 5.73 Å². The second-order valence-corrected chi connectivity index (χ2v) is 5.49. The van der Waals surface area contributed by atoms with Crippen LogP contribution in [0.25, 0.3) is 11.0 Å². The van der Waals surface area contributed by atoms with Crippen molar-refractivity contribution in [2.24, 2.45) is 5.92 Å². The molecule has 0 saturated heterocycles. The van der Waals surface area contributed by atoms with Crippen LogP contribution in [0.4, 0.5) is 5.69 Å². The van der Waals surface area contributed by atoms with Crippen LogP contribution in [0.1, 0.15) is 45.1 Å². The van der Waals surface area contributed by atoms with Crippen molar-refractivity contribution in [1.29, 1.82) is 0 Å². The number of anilines is 1. The molecule has 3 rings (SSSR count). The third-order valence-electron chi connectivity index (χ3n) is 4.32. The Morgan fingerprint density at radius 1 is 1.39 bits per heavy atom. The zero-order chi connectivity index (χ0) is 12.5. The van der Waals surface area contributed by atoms with Gasteiger partial charge in [-0.1, -0.05) is 26.2 Å². The van der Waals surface area contributed by atoms with Crippen LogP contribution in [0, 0.1) is 5.92 Å². The summed E-state index contributed by atoms with van der Waals surface area (Å²) in [7, 11) is 0. The quantitative estimate of drug-likeness (QED) is 0.816. The summed E-state index contributed by atoms with van der Waals surface area (Å²) in [5.74, 6) is 0.884. The van der Waals surface area contributed by atoms with Gasteiger partial charge in [0.1, 0.15) is 0 Å². The fourth-order valence-electron chi connectivity index (χ4n) is 3.23. The van der Waals surface area contributed by atoms with Crippen molar-refractivity contribution in [3.05, 3.63) is 24.5 Å². The number of nitrogens with zero attached hydrogens (tertiary/aromatic N) is 2. The van der Waals surface area contributed by atoms with Gasteiger partial charge in [0, 0.05) is 11.7 Å². The molecule has 2 aromatic rings. The van der Waals surface area contributed by atoms with E-state index < -0.39 is 0 Å². The summed E-state index contributed by atoms with van der Waals surface area (Å²) in [5.41, 5.74) is 8.85. The average molecular weight is 243 g/mol. The Bertz CT molecular complexity index is 544. The van der Waals surface area contributed by atoms with E-state index in [1.165, 1.54) is 37.6 Å². The number of nitrogens with two attached hydrogens (primary N) is 1. The summed E-state index contributed by atoms with van der Waals surface area (Å²) in [5, 5.41) is 0. The smallest absolute Gasteiger partial charge is 0.0960 e. The molecule has 1 aromatic heterocycles. The van der Waals surface area contributed by atoms with E-state index in [9.17, 15) is 0 Å². The van der Waals surface area contributed by atoms with Gasteiger partial charge in [-0.2, -0.15) is 0 Å². The highest BCUT2D eigenvalue weighted by Crippen LogP contribution is 2.35. The number of nitrogen functional groups attached to an aromatic ring is 1. The number of hydrogen-bond donors (Lipinski definition) is 1. The van der Waals surface area contributed by atoms with E-state index in [1.807, 2.05) is 18.5 Å². The molecule has 2 N–H and O–H groups in total. The van der Waals surface area contributed by atoms with Crippen molar-refractivity contribution in [2.75, 3.05) is 5.73 Å². The Morgan fingerprint density at radius 3 is 3.11 bits per heavy atom. The van der Waals surface area contributed by atoms with E-state index in [1.54, 1.807) is 0 Å². The zero-order valence-electron chi connectivity index (χ0n) is 11.0. The van der Waals surface area contributed by atoms with Gasteiger partial charge in [-0.25, -0.2) is 4.98 Å². The van der Waals surface area contributed by atoms with E-state index in [-0.39, 0.29) is 0 Å². The number of rotatable bonds is 2. The van der Waals surface area contributed by atoms with Gasteiger partial charge >= 0.3 is 0 Å². The first-order valence-electron chi connectivity index (χ1n) is 7.00. The van der Waals surface area contributed by atoms with Gasteiger partial charge in [-0.3, -0.25) is 0 Å². The van der Waals surface area contributed by atoms with Crippen LogP contribution in [-0.2, 0) is 0 Å². The molecule has 0 spiro atoms. The standard InChI is InChI=1S/C15H21N3/c1-2-11-4-3-5-13(8-11)18-10-17-14-9-12(16)6-7-15(14)18/h6-7,9-11,13H,2-5,8,16H2,1H3. The van der Waals surface area contributed by atoms with Crippen LogP contribution in [0.2, 0.25) is 0 Å². The Balaban J connectivity index is 1.94. The third-order valence-corrected chi connectivity index (χ3v) is 4.32. The number of benzene rings is 1. The van der Waals surface area contributed by atoms with Gasteiger partial charge in [0.2, 0.25) is 0 Å². The molecular formula is C15H21N3. The van der Waals surface area contributed by atoms with Crippen LogP contribution in [-0.4, -0.2) is 9.55 Å². The van der Waals surface area contributed by atoms with Gasteiger partial charge in [0.05, 0.1) is 17.4 Å². The highest BCUT2D eigenvalue weighted by Gasteiger charge is 2.23. The monoisotopic (exact) mass is 243 g/mol. The van der Waals surface area contributed by atoms with Crippen LogP contribution in [0.5, 0.6) is 0 Å². The second kappa shape index (κ2) is 4.63. The first-order valence-corrected chi connectivity index (χ1v) is 7.00. The van der Waals surface area contributed by atoms with E-state index in [0.29, 0.717) is 6.04 Å². The van der Waals surface area contributed by atoms with E-state index >= 15 is 0 Å². The number of imidazole rings is 1. The molecule has 3 heteroatoms. The Morgan fingerprint density at radius 2 is 2.28 bits per heavy atom. The predicted molar refractivity (Wildman–Crippen MR) is 75.4 cm³/mol. The largest absolute Gasteiger partial charge is 0.399 e. The summed E-state index contributed by atoms with van der Waals surface area (Å²) >= 11 is 0. The molecule has 0 radical (unpaired) electrons. The molecule has 0 bridgehead atoms. The molecule has 2 unspecified atom stereocenters. The average Bonchev–Trinajstić information content (AvgIpc) is 2.81. The van der Waals surface area contributed by atoms with Crippen molar-refractivity contribution in [2.45, 2.75) is 45.1 Å². The van der Waals surface area contributed by atoms with E-state index in [0.717, 1.165) is 17.1 Å². The lowest BCUT2D eigenvalue weighted by Crippen LogP contribution is -2.18. The molecule has 3 nitrogen and oxygen atoms in total. The second-order valence-electron chi connectivity index (χ2n) is 5.49. The summed E-state index contributed by atoms with van der Waals surface area (Å²) in [6.07, 6.45) is 8.62. The number of aromatic nitrogens is 2. The molecule has 1 aliphatic rings. The fourth-order valence-corrected chi connectivity index (χ4v) is 3.23. The first kappa shape index (κ1) is 11.6. The molecule has 18 heavy (non-hydrogen) atoms. The topological polar surface area (TPSA) is 43.8 Å². The number of fused-ring (bicyclic) bond motifs is 1. The van der Waals surface area contributed by atoms with Gasteiger partial charge in [0.25, 0.3) is 0 Å². The molecule has 0 aliphatic heterocycles. The molecule has 2 atom stereocenters. The molecule has 1 heterocycles. The van der Waals surface area contributed by atoms with Crippen molar-refractivity contribution in [3.63, 3.8) is 0 Å². The van der Waals surface area contributed by atoms with E-state index in [2.05, 4.69) is 22.5 Å². The van der Waals surface area contributed by atoms with Crippen LogP contribution >= 0.6 is 0 Å². The molecular weight excluding hydrogens is 222 g/mol. The van der Waals surface area contributed by atoms with Crippen LogP contribution in [0.15, 0.2) is 24.5 Å². The molecule has 1 saturated carbocycles. The van der Waals surface area contributed by atoms with Gasteiger partial charge in [0.15, 0.2) is 0 Å². The Hall–Kier alpha value is -1.51.